The van der Waals surface area contributed by atoms with Crippen molar-refractivity contribution in [1.29, 1.82) is 0 Å². The van der Waals surface area contributed by atoms with Crippen molar-refractivity contribution in [2.45, 2.75) is 29.9 Å². The van der Waals surface area contributed by atoms with Crippen molar-refractivity contribution in [2.75, 3.05) is 18.1 Å². The number of cyclic esters (lactones) is 1. The van der Waals surface area contributed by atoms with Gasteiger partial charge in [-0.2, -0.15) is 0 Å². The van der Waals surface area contributed by atoms with Crippen LogP contribution in [0.4, 0.5) is 0 Å². The number of thioether (sulfide) groups is 2. The van der Waals surface area contributed by atoms with Gasteiger partial charge >= 0.3 is 5.97 Å². The lowest BCUT2D eigenvalue weighted by atomic mass is 10.2. The highest BCUT2D eigenvalue weighted by atomic mass is 32.2. The molecule has 1 N–H and O–H groups in total. The Balaban J connectivity index is 1.72. The quantitative estimate of drug-likeness (QED) is 0.768. The summed E-state index contributed by atoms with van der Waals surface area (Å²) in [7, 11) is 0. The number of nitrogens with one attached hydrogen (secondary N) is 1. The Hall–Kier alpha value is -0.360. The number of ether oxygens (including phenoxy) is 1. The average Bonchev–Trinajstić information content (AvgIpc) is 2.66. The molecule has 0 radical (unpaired) electrons. The molecule has 2 aliphatic heterocycles. The van der Waals surface area contributed by atoms with Crippen LogP contribution in [0.2, 0.25) is 0 Å². The number of amides is 1. The van der Waals surface area contributed by atoms with Gasteiger partial charge in [-0.25, -0.2) is 4.79 Å². The molecule has 1 amide bonds. The van der Waals surface area contributed by atoms with E-state index >= 15 is 0 Å². The fourth-order valence-electron chi connectivity index (χ4n) is 1.69. The zero-order valence-electron chi connectivity index (χ0n) is 8.94. The number of carbonyl (C=O) groups is 2. The Morgan fingerprint density at radius 3 is 2.81 bits per heavy atom. The lowest BCUT2D eigenvalue weighted by Crippen LogP contribution is -2.38. The average molecular weight is 261 g/mol. The van der Waals surface area contributed by atoms with E-state index in [0.717, 1.165) is 11.5 Å². The molecule has 90 valence electrons. The van der Waals surface area contributed by atoms with E-state index in [2.05, 4.69) is 5.32 Å². The van der Waals surface area contributed by atoms with E-state index in [1.807, 2.05) is 23.5 Å². The summed E-state index contributed by atoms with van der Waals surface area (Å²) in [5.74, 6) is 1.94. The molecule has 0 aliphatic carbocycles. The largest absolute Gasteiger partial charge is 0.464 e. The lowest BCUT2D eigenvalue weighted by molar-refractivity contribution is -0.141. The molecule has 2 heterocycles. The van der Waals surface area contributed by atoms with Crippen molar-refractivity contribution >= 4 is 35.4 Å². The van der Waals surface area contributed by atoms with E-state index in [0.29, 0.717) is 24.0 Å². The van der Waals surface area contributed by atoms with Crippen LogP contribution in [0.5, 0.6) is 0 Å². The van der Waals surface area contributed by atoms with E-state index in [9.17, 15) is 9.59 Å². The summed E-state index contributed by atoms with van der Waals surface area (Å²) in [6.07, 6.45) is 2.33. The molecule has 0 unspecified atom stereocenters. The first-order chi connectivity index (χ1) is 7.75. The highest BCUT2D eigenvalue weighted by Crippen LogP contribution is 2.32. The van der Waals surface area contributed by atoms with E-state index in [4.69, 9.17) is 4.74 Å². The summed E-state index contributed by atoms with van der Waals surface area (Å²) in [6.45, 7) is 0.427. The molecule has 16 heavy (non-hydrogen) atoms. The van der Waals surface area contributed by atoms with Crippen LogP contribution in [0, 0.1) is 0 Å². The van der Waals surface area contributed by atoms with Crippen molar-refractivity contribution in [1.82, 2.24) is 5.32 Å². The van der Waals surface area contributed by atoms with Crippen molar-refractivity contribution in [3.05, 3.63) is 0 Å². The molecule has 1 atom stereocenters. The summed E-state index contributed by atoms with van der Waals surface area (Å²) in [5, 5.41) is 2.74. The first-order valence-corrected chi connectivity index (χ1v) is 7.54. The topological polar surface area (TPSA) is 55.4 Å². The van der Waals surface area contributed by atoms with Gasteiger partial charge in [-0.1, -0.05) is 0 Å². The highest BCUT2D eigenvalue weighted by molar-refractivity contribution is 8.17. The molecule has 2 rings (SSSR count). The van der Waals surface area contributed by atoms with Gasteiger partial charge in [-0.15, -0.1) is 23.5 Å². The van der Waals surface area contributed by atoms with Crippen LogP contribution >= 0.6 is 23.5 Å². The molecule has 4 nitrogen and oxygen atoms in total. The number of hydrogen-bond acceptors (Lipinski definition) is 5. The van der Waals surface area contributed by atoms with Crippen LogP contribution in [-0.4, -0.2) is 40.6 Å². The van der Waals surface area contributed by atoms with Gasteiger partial charge in [0.1, 0.15) is 6.04 Å². The molecule has 0 saturated carbocycles. The standard InChI is InChI=1S/C10H15NO3S2/c12-8(6-9-15-4-1-5-16-9)11-7-2-3-14-10(7)13/h7,9H,1-6H2,(H,11,12)/t7-/m0/s1. The third-order valence-electron chi connectivity index (χ3n) is 2.52. The maximum Gasteiger partial charge on any atom is 0.328 e. The van der Waals surface area contributed by atoms with Gasteiger partial charge in [0.25, 0.3) is 0 Å². The molecule has 0 aromatic rings. The van der Waals surface area contributed by atoms with Crippen LogP contribution in [0.1, 0.15) is 19.3 Å². The monoisotopic (exact) mass is 261 g/mol. The Morgan fingerprint density at radius 1 is 1.44 bits per heavy atom. The molecule has 0 spiro atoms. The number of esters is 1. The van der Waals surface area contributed by atoms with Crippen LogP contribution in [0.25, 0.3) is 0 Å². The third-order valence-corrected chi connectivity index (χ3v) is 5.46. The molecule has 2 saturated heterocycles. The normalized spacial score (nSPS) is 26.5. The molecule has 6 heteroatoms. The zero-order valence-corrected chi connectivity index (χ0v) is 10.6. The summed E-state index contributed by atoms with van der Waals surface area (Å²) in [4.78, 5) is 22.8. The first-order valence-electron chi connectivity index (χ1n) is 5.45. The fraction of sp³-hybridized carbons (Fsp3) is 0.800. The smallest absolute Gasteiger partial charge is 0.328 e. The van der Waals surface area contributed by atoms with Gasteiger partial charge in [0.2, 0.25) is 5.91 Å². The van der Waals surface area contributed by atoms with E-state index in [1.54, 1.807) is 0 Å². The molecule has 0 aromatic carbocycles. The van der Waals surface area contributed by atoms with Crippen molar-refractivity contribution in [3.63, 3.8) is 0 Å². The maximum atomic E-state index is 11.7. The minimum atomic E-state index is -0.411. The SMILES string of the molecule is O=C(CC1SCCCS1)N[C@H]1CCOC1=O. The van der Waals surface area contributed by atoms with Crippen LogP contribution in [0.15, 0.2) is 0 Å². The maximum absolute atomic E-state index is 11.7. The van der Waals surface area contributed by atoms with Crippen LogP contribution < -0.4 is 5.32 Å². The number of carbonyl (C=O) groups excluding carboxylic acids is 2. The minimum absolute atomic E-state index is 0.0317. The second-order valence-electron chi connectivity index (χ2n) is 3.81. The van der Waals surface area contributed by atoms with Gasteiger partial charge < -0.3 is 10.1 Å². The minimum Gasteiger partial charge on any atom is -0.464 e. The van der Waals surface area contributed by atoms with Crippen molar-refractivity contribution < 1.29 is 14.3 Å². The molecular weight excluding hydrogens is 246 g/mol. The molecule has 2 aliphatic rings. The fourth-order valence-corrected chi connectivity index (χ4v) is 4.52. The van der Waals surface area contributed by atoms with Gasteiger partial charge in [0.05, 0.1) is 11.2 Å². The third kappa shape index (κ3) is 3.31. The Kier molecular flexibility index (Phi) is 4.40. The van der Waals surface area contributed by atoms with Crippen molar-refractivity contribution in [3.8, 4) is 0 Å². The van der Waals surface area contributed by atoms with Gasteiger partial charge in [-0.05, 0) is 17.9 Å². The Labute approximate surface area is 103 Å². The summed E-state index contributed by atoms with van der Waals surface area (Å²) in [5.41, 5.74) is 0. The molecule has 2 fully saturated rings. The second kappa shape index (κ2) is 5.82. The predicted octanol–water partition coefficient (Wildman–Crippen LogP) is 1.00. The van der Waals surface area contributed by atoms with Gasteiger partial charge in [0, 0.05) is 12.8 Å². The first kappa shape index (κ1) is 12.1. The van der Waals surface area contributed by atoms with Crippen LogP contribution in [-0.2, 0) is 14.3 Å². The molecular formula is C10H15NO3S2. The summed E-state index contributed by atoms with van der Waals surface area (Å²) >= 11 is 3.67. The Morgan fingerprint density at radius 2 is 2.19 bits per heavy atom. The summed E-state index contributed by atoms with van der Waals surface area (Å²) in [6, 6.07) is -0.411. The van der Waals surface area contributed by atoms with Crippen molar-refractivity contribution in [2.24, 2.45) is 0 Å². The molecule has 0 bridgehead atoms. The lowest BCUT2D eigenvalue weighted by Gasteiger charge is -2.20. The predicted molar refractivity (Wildman–Crippen MR) is 65.4 cm³/mol. The zero-order chi connectivity index (χ0) is 11.4. The van der Waals surface area contributed by atoms with E-state index < -0.39 is 6.04 Å². The van der Waals surface area contributed by atoms with Crippen LogP contribution in [0.3, 0.4) is 0 Å². The highest BCUT2D eigenvalue weighted by Gasteiger charge is 2.28. The number of hydrogen-bond donors (Lipinski definition) is 1. The second-order valence-corrected chi connectivity index (χ2v) is 6.72. The Bertz CT molecular complexity index is 279. The van der Waals surface area contributed by atoms with E-state index in [-0.39, 0.29) is 11.9 Å². The van der Waals surface area contributed by atoms with Gasteiger partial charge in [0.15, 0.2) is 0 Å². The summed E-state index contributed by atoms with van der Waals surface area (Å²) < 4.78 is 5.15. The van der Waals surface area contributed by atoms with Gasteiger partial charge in [-0.3, -0.25) is 4.79 Å². The number of rotatable bonds is 3. The van der Waals surface area contributed by atoms with E-state index in [1.165, 1.54) is 6.42 Å². The molecule has 0 aromatic heterocycles.